The number of nitrogens with one attached hydrogen (secondary N) is 1. The Morgan fingerprint density at radius 3 is 2.71 bits per heavy atom. The molecular formula is C15H21N3O2S. The van der Waals surface area contributed by atoms with Crippen molar-refractivity contribution in [2.75, 3.05) is 20.1 Å². The number of nitrogens with zero attached hydrogens (tertiary/aromatic N) is 1. The highest BCUT2D eigenvalue weighted by Crippen LogP contribution is 2.22. The Bertz CT molecular complexity index is 581. The Kier molecular flexibility index (Phi) is 6.40. The van der Waals surface area contributed by atoms with Crippen LogP contribution in [0.15, 0.2) is 6.07 Å². The van der Waals surface area contributed by atoms with Crippen molar-refractivity contribution in [1.82, 2.24) is 10.2 Å². The van der Waals surface area contributed by atoms with E-state index in [-0.39, 0.29) is 30.9 Å². The van der Waals surface area contributed by atoms with Crippen molar-refractivity contribution in [2.24, 2.45) is 5.73 Å². The lowest BCUT2D eigenvalue weighted by Crippen LogP contribution is -2.40. The summed E-state index contributed by atoms with van der Waals surface area (Å²) in [7, 11) is 1.61. The molecule has 21 heavy (non-hydrogen) atoms. The van der Waals surface area contributed by atoms with Crippen LogP contribution in [0.5, 0.6) is 0 Å². The second-order valence-corrected chi connectivity index (χ2v) is 6.06. The zero-order valence-electron chi connectivity index (χ0n) is 12.8. The van der Waals surface area contributed by atoms with Gasteiger partial charge in [0.25, 0.3) is 5.91 Å². The molecule has 2 amide bonds. The second-order valence-electron chi connectivity index (χ2n) is 5.01. The highest BCUT2D eigenvalue weighted by Gasteiger charge is 2.18. The SMILES string of the molecule is Cc1cc(C(=O)N(C)CC(=O)NC(C)C)sc1C#CCN. The molecule has 0 fully saturated rings. The highest BCUT2D eigenvalue weighted by molar-refractivity contribution is 7.14. The molecule has 1 aromatic heterocycles. The van der Waals surface area contributed by atoms with E-state index in [1.807, 2.05) is 20.8 Å². The van der Waals surface area contributed by atoms with Gasteiger partial charge in [0, 0.05) is 13.1 Å². The third-order valence-corrected chi connectivity index (χ3v) is 3.75. The minimum atomic E-state index is -0.178. The molecule has 0 atom stereocenters. The van der Waals surface area contributed by atoms with E-state index in [2.05, 4.69) is 17.2 Å². The van der Waals surface area contributed by atoms with Gasteiger partial charge in [-0.2, -0.15) is 0 Å². The van der Waals surface area contributed by atoms with Gasteiger partial charge in [0.15, 0.2) is 0 Å². The predicted molar refractivity (Wildman–Crippen MR) is 85.2 cm³/mol. The standard InChI is InChI=1S/C15H21N3O2S/c1-10(2)17-14(19)9-18(4)15(20)13-8-11(3)12(21-13)6-5-7-16/h8,10H,7,9,16H2,1-4H3,(H,17,19). The Hall–Kier alpha value is -1.84. The van der Waals surface area contributed by atoms with Gasteiger partial charge in [-0.05, 0) is 32.4 Å². The number of amides is 2. The maximum Gasteiger partial charge on any atom is 0.264 e. The Morgan fingerprint density at radius 2 is 2.14 bits per heavy atom. The third kappa shape index (κ3) is 5.21. The summed E-state index contributed by atoms with van der Waals surface area (Å²) >= 11 is 1.32. The van der Waals surface area contributed by atoms with Crippen LogP contribution < -0.4 is 11.1 Å². The van der Waals surface area contributed by atoms with Crippen molar-refractivity contribution in [2.45, 2.75) is 26.8 Å². The molecule has 0 spiro atoms. The number of likely N-dealkylation sites (N-methyl/N-ethyl adjacent to an activating group) is 1. The number of nitrogens with two attached hydrogens (primary N) is 1. The van der Waals surface area contributed by atoms with E-state index in [0.717, 1.165) is 10.4 Å². The number of rotatable bonds is 4. The molecule has 0 saturated carbocycles. The molecule has 3 N–H and O–H groups in total. The van der Waals surface area contributed by atoms with Crippen LogP contribution >= 0.6 is 11.3 Å². The van der Waals surface area contributed by atoms with E-state index < -0.39 is 0 Å². The molecule has 1 aromatic rings. The van der Waals surface area contributed by atoms with Crippen LogP contribution in [0.4, 0.5) is 0 Å². The van der Waals surface area contributed by atoms with Gasteiger partial charge in [0.2, 0.25) is 5.91 Å². The molecule has 0 aromatic carbocycles. The van der Waals surface area contributed by atoms with Gasteiger partial charge in [-0.1, -0.05) is 11.8 Å². The van der Waals surface area contributed by atoms with Gasteiger partial charge in [0.1, 0.15) is 0 Å². The third-order valence-electron chi connectivity index (χ3n) is 2.61. The molecule has 0 saturated heterocycles. The molecule has 1 rings (SSSR count). The van der Waals surface area contributed by atoms with Crippen LogP contribution in [0.3, 0.4) is 0 Å². The van der Waals surface area contributed by atoms with Crippen LogP contribution in [0, 0.1) is 18.8 Å². The fourth-order valence-corrected chi connectivity index (χ4v) is 2.73. The van der Waals surface area contributed by atoms with Crippen LogP contribution in [0.25, 0.3) is 0 Å². The largest absolute Gasteiger partial charge is 0.352 e. The molecule has 0 aliphatic heterocycles. The number of aryl methyl sites for hydroxylation is 1. The van der Waals surface area contributed by atoms with E-state index in [1.54, 1.807) is 13.1 Å². The summed E-state index contributed by atoms with van der Waals surface area (Å²) in [6.45, 7) is 5.99. The second kappa shape index (κ2) is 7.81. The lowest BCUT2D eigenvalue weighted by atomic mass is 10.2. The van der Waals surface area contributed by atoms with Crippen LogP contribution in [0.1, 0.15) is 34.0 Å². The van der Waals surface area contributed by atoms with Gasteiger partial charge in [0.05, 0.1) is 22.8 Å². The first kappa shape index (κ1) is 17.2. The first-order valence-corrected chi connectivity index (χ1v) is 7.51. The van der Waals surface area contributed by atoms with Gasteiger partial charge >= 0.3 is 0 Å². The molecular weight excluding hydrogens is 286 g/mol. The minimum Gasteiger partial charge on any atom is -0.352 e. The van der Waals surface area contributed by atoms with E-state index >= 15 is 0 Å². The van der Waals surface area contributed by atoms with Gasteiger partial charge < -0.3 is 16.0 Å². The first-order chi connectivity index (χ1) is 9.85. The molecule has 114 valence electrons. The van der Waals surface area contributed by atoms with E-state index in [4.69, 9.17) is 5.73 Å². The normalized spacial score (nSPS) is 10.0. The van der Waals surface area contributed by atoms with Crippen LogP contribution in [0.2, 0.25) is 0 Å². The predicted octanol–water partition coefficient (Wildman–Crippen LogP) is 0.963. The van der Waals surface area contributed by atoms with Crippen molar-refractivity contribution in [1.29, 1.82) is 0 Å². The summed E-state index contributed by atoms with van der Waals surface area (Å²) in [5.41, 5.74) is 6.30. The van der Waals surface area contributed by atoms with Gasteiger partial charge in [-0.25, -0.2) is 0 Å². The number of hydrogen-bond donors (Lipinski definition) is 2. The summed E-state index contributed by atoms with van der Waals surface area (Å²) in [6.07, 6.45) is 0. The maximum atomic E-state index is 12.3. The number of thiophene rings is 1. The topological polar surface area (TPSA) is 75.4 Å². The maximum absolute atomic E-state index is 12.3. The van der Waals surface area contributed by atoms with Crippen molar-refractivity contribution >= 4 is 23.2 Å². The summed E-state index contributed by atoms with van der Waals surface area (Å²) in [6, 6.07) is 1.85. The molecule has 0 aliphatic rings. The zero-order valence-corrected chi connectivity index (χ0v) is 13.6. The van der Waals surface area contributed by atoms with Crippen molar-refractivity contribution in [3.05, 3.63) is 21.4 Å². The lowest BCUT2D eigenvalue weighted by Gasteiger charge is -2.17. The smallest absolute Gasteiger partial charge is 0.264 e. The van der Waals surface area contributed by atoms with Crippen LogP contribution in [-0.2, 0) is 4.79 Å². The van der Waals surface area contributed by atoms with Crippen molar-refractivity contribution in [3.8, 4) is 11.8 Å². The molecule has 6 heteroatoms. The highest BCUT2D eigenvalue weighted by atomic mass is 32.1. The van der Waals surface area contributed by atoms with E-state index in [0.29, 0.717) is 4.88 Å². The molecule has 0 radical (unpaired) electrons. The van der Waals surface area contributed by atoms with Gasteiger partial charge in [-0.15, -0.1) is 11.3 Å². The summed E-state index contributed by atoms with van der Waals surface area (Å²) < 4.78 is 0. The molecule has 0 unspecified atom stereocenters. The summed E-state index contributed by atoms with van der Waals surface area (Å²) in [4.78, 5) is 26.8. The molecule has 0 aliphatic carbocycles. The lowest BCUT2D eigenvalue weighted by molar-refractivity contribution is -0.122. The first-order valence-electron chi connectivity index (χ1n) is 6.69. The average molecular weight is 307 g/mol. The molecule has 1 heterocycles. The summed E-state index contributed by atoms with van der Waals surface area (Å²) in [5, 5.41) is 2.76. The summed E-state index contributed by atoms with van der Waals surface area (Å²) in [5.74, 6) is 5.38. The van der Waals surface area contributed by atoms with E-state index in [1.165, 1.54) is 16.2 Å². The number of carbonyl (C=O) groups excluding carboxylic acids is 2. The number of hydrogen-bond acceptors (Lipinski definition) is 4. The fraction of sp³-hybridized carbons (Fsp3) is 0.467. The van der Waals surface area contributed by atoms with E-state index in [9.17, 15) is 9.59 Å². The Labute approximate surface area is 129 Å². The van der Waals surface area contributed by atoms with Crippen molar-refractivity contribution in [3.63, 3.8) is 0 Å². The zero-order chi connectivity index (χ0) is 16.0. The van der Waals surface area contributed by atoms with Gasteiger partial charge in [-0.3, -0.25) is 9.59 Å². The number of carbonyl (C=O) groups is 2. The Morgan fingerprint density at radius 1 is 1.48 bits per heavy atom. The monoisotopic (exact) mass is 307 g/mol. The van der Waals surface area contributed by atoms with Crippen molar-refractivity contribution < 1.29 is 9.59 Å². The van der Waals surface area contributed by atoms with Crippen LogP contribution in [-0.4, -0.2) is 42.9 Å². The molecule has 0 bridgehead atoms. The minimum absolute atomic E-state index is 0.0395. The quantitative estimate of drug-likeness (QED) is 0.814. The average Bonchev–Trinajstić information content (AvgIpc) is 2.75. The molecule has 5 nitrogen and oxygen atoms in total. The fourth-order valence-electron chi connectivity index (χ4n) is 1.69. The Balaban J connectivity index is 2.77.